The van der Waals surface area contributed by atoms with E-state index in [1.54, 1.807) is 20.8 Å². The van der Waals surface area contributed by atoms with Crippen molar-refractivity contribution in [2.45, 2.75) is 59.1 Å². The summed E-state index contributed by atoms with van der Waals surface area (Å²) in [5, 5.41) is 3.42. The molecule has 0 aliphatic carbocycles. The standard InChI is InChI=1S/C16H29ClN4O5/c1-10(2)8-11(19-15(25)26-16(3,4)5)14(24)20-21(13(23)9-17)7-6-12(18)22/h10-11H,6-9H2,1-5H3,(H2,18,22)(H,19,25)(H,20,24)/t11-/m0/s1. The number of nitrogens with two attached hydrogens (primary N) is 1. The Labute approximate surface area is 158 Å². The van der Waals surface area contributed by atoms with E-state index in [1.807, 2.05) is 13.8 Å². The van der Waals surface area contributed by atoms with Crippen LogP contribution < -0.4 is 16.5 Å². The molecule has 4 N–H and O–H groups in total. The van der Waals surface area contributed by atoms with E-state index < -0.39 is 35.5 Å². The van der Waals surface area contributed by atoms with Gasteiger partial charge in [-0.2, -0.15) is 0 Å². The molecule has 0 fully saturated rings. The summed E-state index contributed by atoms with van der Waals surface area (Å²) in [5.74, 6) is -2.14. The molecule has 26 heavy (non-hydrogen) atoms. The fourth-order valence-electron chi connectivity index (χ4n) is 1.90. The maximum absolute atomic E-state index is 12.5. The number of rotatable bonds is 8. The molecular weight excluding hydrogens is 364 g/mol. The van der Waals surface area contributed by atoms with Crippen molar-refractivity contribution in [3.05, 3.63) is 0 Å². The predicted octanol–water partition coefficient (Wildman–Crippen LogP) is 0.900. The first kappa shape index (κ1) is 24.0. The van der Waals surface area contributed by atoms with Gasteiger partial charge in [-0.05, 0) is 33.1 Å². The zero-order chi connectivity index (χ0) is 20.5. The molecule has 0 rings (SSSR count). The third kappa shape index (κ3) is 10.8. The lowest BCUT2D eigenvalue weighted by atomic mass is 10.0. The van der Waals surface area contributed by atoms with Gasteiger partial charge in [0.25, 0.3) is 11.8 Å². The van der Waals surface area contributed by atoms with Gasteiger partial charge in [0.2, 0.25) is 5.91 Å². The summed E-state index contributed by atoms with van der Waals surface area (Å²) in [6.45, 7) is 8.75. The second-order valence-corrected chi connectivity index (χ2v) is 7.47. The Morgan fingerprint density at radius 3 is 2.19 bits per heavy atom. The van der Waals surface area contributed by atoms with Crippen LogP contribution in [-0.4, -0.2) is 52.9 Å². The van der Waals surface area contributed by atoms with Crippen molar-refractivity contribution in [3.63, 3.8) is 0 Å². The maximum atomic E-state index is 12.5. The second kappa shape index (κ2) is 10.8. The number of carbonyl (C=O) groups is 4. The molecule has 10 heteroatoms. The average molecular weight is 393 g/mol. The number of nitrogens with zero attached hydrogens (tertiary/aromatic N) is 1. The average Bonchev–Trinajstić information content (AvgIpc) is 2.47. The molecule has 0 aliphatic heterocycles. The van der Waals surface area contributed by atoms with Gasteiger partial charge >= 0.3 is 6.09 Å². The molecule has 0 aromatic rings. The largest absolute Gasteiger partial charge is 0.444 e. The first-order valence-corrected chi connectivity index (χ1v) is 8.83. The van der Waals surface area contributed by atoms with Gasteiger partial charge in [0.15, 0.2) is 0 Å². The lowest BCUT2D eigenvalue weighted by Crippen LogP contribution is -2.55. The molecular formula is C16H29ClN4O5. The number of nitrogens with one attached hydrogen (secondary N) is 2. The minimum absolute atomic E-state index is 0.0866. The van der Waals surface area contributed by atoms with Gasteiger partial charge in [-0.25, -0.2) is 4.79 Å². The Morgan fingerprint density at radius 2 is 1.77 bits per heavy atom. The van der Waals surface area contributed by atoms with Crippen molar-refractivity contribution < 1.29 is 23.9 Å². The Kier molecular flexibility index (Phi) is 10.0. The number of alkyl carbamates (subject to hydrolysis) is 1. The normalized spacial score (nSPS) is 12.3. The van der Waals surface area contributed by atoms with E-state index in [0.29, 0.717) is 6.42 Å². The molecule has 0 aliphatic rings. The minimum Gasteiger partial charge on any atom is -0.444 e. The van der Waals surface area contributed by atoms with Gasteiger partial charge in [-0.1, -0.05) is 13.8 Å². The number of carbonyl (C=O) groups excluding carboxylic acids is 4. The highest BCUT2D eigenvalue weighted by Crippen LogP contribution is 2.10. The molecule has 9 nitrogen and oxygen atoms in total. The van der Waals surface area contributed by atoms with Crippen molar-refractivity contribution in [2.75, 3.05) is 12.4 Å². The topological polar surface area (TPSA) is 131 Å². The first-order chi connectivity index (χ1) is 11.9. The van der Waals surface area contributed by atoms with Crippen molar-refractivity contribution in [1.82, 2.24) is 15.8 Å². The van der Waals surface area contributed by atoms with Crippen LogP contribution in [0.2, 0.25) is 0 Å². The minimum atomic E-state index is -0.927. The number of halogens is 1. The third-order valence-corrected chi connectivity index (χ3v) is 3.19. The van der Waals surface area contributed by atoms with Gasteiger partial charge in [0.1, 0.15) is 17.5 Å². The van der Waals surface area contributed by atoms with Crippen LogP contribution in [0, 0.1) is 5.92 Å². The number of hydrazine groups is 1. The highest BCUT2D eigenvalue weighted by Gasteiger charge is 2.27. The van der Waals surface area contributed by atoms with Crippen LogP contribution in [-0.2, 0) is 19.1 Å². The van der Waals surface area contributed by atoms with E-state index in [4.69, 9.17) is 22.1 Å². The van der Waals surface area contributed by atoms with Crippen LogP contribution in [0.3, 0.4) is 0 Å². The summed E-state index contributed by atoms with van der Waals surface area (Å²) in [5.41, 5.74) is 6.73. The van der Waals surface area contributed by atoms with Crippen LogP contribution in [0.25, 0.3) is 0 Å². The van der Waals surface area contributed by atoms with E-state index >= 15 is 0 Å². The van der Waals surface area contributed by atoms with Crippen LogP contribution >= 0.6 is 11.6 Å². The summed E-state index contributed by atoms with van der Waals surface area (Å²) >= 11 is 5.52. The number of alkyl halides is 1. The van der Waals surface area contributed by atoms with E-state index in [1.165, 1.54) is 0 Å². The number of hydrogen-bond acceptors (Lipinski definition) is 5. The van der Waals surface area contributed by atoms with Gasteiger partial charge in [-0.3, -0.25) is 24.8 Å². The molecule has 0 spiro atoms. The van der Waals surface area contributed by atoms with Gasteiger partial charge in [0.05, 0.1) is 6.54 Å². The maximum Gasteiger partial charge on any atom is 0.408 e. The lowest BCUT2D eigenvalue weighted by Gasteiger charge is -2.27. The zero-order valence-electron chi connectivity index (χ0n) is 15.9. The lowest BCUT2D eigenvalue weighted by molar-refractivity contribution is -0.141. The first-order valence-electron chi connectivity index (χ1n) is 8.30. The predicted molar refractivity (Wildman–Crippen MR) is 97.0 cm³/mol. The molecule has 0 heterocycles. The fourth-order valence-corrected chi connectivity index (χ4v) is 2.05. The zero-order valence-corrected chi connectivity index (χ0v) is 16.7. The Balaban J connectivity index is 5.09. The van der Waals surface area contributed by atoms with Crippen molar-refractivity contribution >= 4 is 35.4 Å². The van der Waals surface area contributed by atoms with Crippen molar-refractivity contribution in [2.24, 2.45) is 11.7 Å². The van der Waals surface area contributed by atoms with Crippen LogP contribution in [0.4, 0.5) is 4.79 Å². The molecule has 0 saturated heterocycles. The molecule has 0 unspecified atom stereocenters. The highest BCUT2D eigenvalue weighted by molar-refractivity contribution is 6.27. The molecule has 1 atom stereocenters. The number of ether oxygens (including phenoxy) is 1. The van der Waals surface area contributed by atoms with Gasteiger partial charge in [0, 0.05) is 6.42 Å². The summed E-state index contributed by atoms with van der Waals surface area (Å²) in [4.78, 5) is 47.2. The number of primary amides is 1. The Morgan fingerprint density at radius 1 is 1.19 bits per heavy atom. The fraction of sp³-hybridized carbons (Fsp3) is 0.750. The summed E-state index contributed by atoms with van der Waals surface area (Å²) < 4.78 is 5.16. The molecule has 0 aromatic heterocycles. The van der Waals surface area contributed by atoms with Gasteiger partial charge in [-0.15, -0.1) is 11.6 Å². The van der Waals surface area contributed by atoms with E-state index in [-0.39, 0.29) is 24.8 Å². The van der Waals surface area contributed by atoms with E-state index in [9.17, 15) is 19.2 Å². The van der Waals surface area contributed by atoms with Crippen molar-refractivity contribution in [1.29, 1.82) is 0 Å². The summed E-state index contributed by atoms with van der Waals surface area (Å²) in [6.07, 6.45) is -0.563. The highest BCUT2D eigenvalue weighted by atomic mass is 35.5. The molecule has 0 aromatic carbocycles. The molecule has 4 amide bonds. The number of hydrogen-bond donors (Lipinski definition) is 3. The van der Waals surface area contributed by atoms with Crippen LogP contribution in [0.1, 0.15) is 47.5 Å². The summed E-state index contributed by atoms with van der Waals surface area (Å²) in [7, 11) is 0. The monoisotopic (exact) mass is 392 g/mol. The second-order valence-electron chi connectivity index (χ2n) is 7.20. The molecule has 0 radical (unpaired) electrons. The van der Waals surface area contributed by atoms with Gasteiger partial charge < -0.3 is 15.8 Å². The Bertz CT molecular complexity index is 519. The molecule has 150 valence electrons. The number of amides is 4. The quantitative estimate of drug-likeness (QED) is 0.417. The smallest absolute Gasteiger partial charge is 0.408 e. The van der Waals surface area contributed by atoms with E-state index in [2.05, 4.69) is 10.7 Å². The van der Waals surface area contributed by atoms with Crippen molar-refractivity contribution in [3.8, 4) is 0 Å². The van der Waals surface area contributed by atoms with Crippen LogP contribution in [0.15, 0.2) is 0 Å². The Hall–Kier alpha value is -2.03. The molecule has 0 bridgehead atoms. The van der Waals surface area contributed by atoms with Crippen LogP contribution in [0.5, 0.6) is 0 Å². The third-order valence-electron chi connectivity index (χ3n) is 2.96. The molecule has 0 saturated carbocycles. The SMILES string of the molecule is CC(C)C[C@H](NC(=O)OC(C)(C)C)C(=O)NN(CCC(N)=O)C(=O)CCl. The van der Waals surface area contributed by atoms with E-state index in [0.717, 1.165) is 5.01 Å². The summed E-state index contributed by atoms with van der Waals surface area (Å²) in [6, 6.07) is -0.927.